The van der Waals surface area contributed by atoms with Crippen LogP contribution < -0.4 is 4.72 Å². The fourth-order valence-electron chi connectivity index (χ4n) is 2.76. The van der Waals surface area contributed by atoms with Gasteiger partial charge in [-0.2, -0.15) is 0 Å². The topological polar surface area (TPSA) is 89.3 Å². The van der Waals surface area contributed by atoms with Crippen LogP contribution in [0, 0.1) is 44.7 Å². The zero-order valence-electron chi connectivity index (χ0n) is 14.3. The lowest BCUT2D eigenvalue weighted by molar-refractivity contribution is -0.384. The molecule has 0 aliphatic rings. The van der Waals surface area contributed by atoms with Crippen LogP contribution in [-0.2, 0) is 10.0 Å². The SMILES string of the molecule is Cc1c(C)c(C)c(S(=O)(=O)Nc2cccc([N+](=O)[O-])c2)c(C)c1C. The average Bonchev–Trinajstić information content (AvgIpc) is 2.50. The summed E-state index contributed by atoms with van der Waals surface area (Å²) in [6, 6.07) is 5.45. The Morgan fingerprint density at radius 2 is 1.42 bits per heavy atom. The molecule has 2 aromatic carbocycles. The van der Waals surface area contributed by atoms with Crippen LogP contribution in [0.25, 0.3) is 0 Å². The van der Waals surface area contributed by atoms with E-state index >= 15 is 0 Å². The molecular formula is C17H20N2O4S. The van der Waals surface area contributed by atoms with Crippen molar-refractivity contribution in [2.45, 2.75) is 39.5 Å². The van der Waals surface area contributed by atoms with Crippen molar-refractivity contribution in [3.05, 3.63) is 62.2 Å². The molecule has 0 aromatic heterocycles. The minimum absolute atomic E-state index is 0.166. The number of nitro groups is 1. The molecule has 0 amide bonds. The molecule has 0 saturated heterocycles. The van der Waals surface area contributed by atoms with Gasteiger partial charge in [0.2, 0.25) is 0 Å². The van der Waals surface area contributed by atoms with Crippen LogP contribution in [0.15, 0.2) is 29.2 Å². The standard InChI is InChI=1S/C17H20N2O4S/c1-10-11(2)13(4)17(14(5)12(10)3)24(22,23)18-15-7-6-8-16(9-15)19(20)21/h6-9,18H,1-5H3. The maximum atomic E-state index is 12.9. The molecule has 0 aliphatic carbocycles. The number of non-ortho nitro benzene ring substituents is 1. The quantitative estimate of drug-likeness (QED) is 0.669. The third kappa shape index (κ3) is 3.12. The molecule has 0 aliphatic heterocycles. The molecule has 1 N–H and O–H groups in total. The number of rotatable bonds is 4. The summed E-state index contributed by atoms with van der Waals surface area (Å²) in [4.78, 5) is 10.5. The third-order valence-electron chi connectivity index (χ3n) is 4.51. The van der Waals surface area contributed by atoms with Crippen molar-refractivity contribution >= 4 is 21.4 Å². The van der Waals surface area contributed by atoms with Gasteiger partial charge in [0.05, 0.1) is 15.5 Å². The van der Waals surface area contributed by atoms with E-state index in [0.717, 1.165) is 16.7 Å². The first-order valence-corrected chi connectivity index (χ1v) is 8.88. The Morgan fingerprint density at radius 3 is 1.92 bits per heavy atom. The van der Waals surface area contributed by atoms with Crippen LogP contribution >= 0.6 is 0 Å². The smallest absolute Gasteiger partial charge is 0.271 e. The zero-order valence-corrected chi connectivity index (χ0v) is 15.1. The van der Waals surface area contributed by atoms with Crippen LogP contribution in [0.3, 0.4) is 0 Å². The van der Waals surface area contributed by atoms with E-state index in [1.54, 1.807) is 13.8 Å². The summed E-state index contributed by atoms with van der Waals surface area (Å²) in [5.41, 5.74) is 4.30. The first-order chi connectivity index (χ1) is 11.1. The summed E-state index contributed by atoms with van der Waals surface area (Å²) in [5.74, 6) is 0. The number of anilines is 1. The first-order valence-electron chi connectivity index (χ1n) is 7.40. The van der Waals surface area contributed by atoms with E-state index in [1.807, 2.05) is 20.8 Å². The molecule has 7 heteroatoms. The summed E-state index contributed by atoms with van der Waals surface area (Å²) in [6.07, 6.45) is 0. The van der Waals surface area contributed by atoms with E-state index in [-0.39, 0.29) is 16.3 Å². The first kappa shape index (κ1) is 17.9. The molecule has 24 heavy (non-hydrogen) atoms. The van der Waals surface area contributed by atoms with Gasteiger partial charge in [-0.25, -0.2) is 8.42 Å². The van der Waals surface area contributed by atoms with Crippen molar-refractivity contribution in [3.8, 4) is 0 Å². The number of nitro benzene ring substituents is 1. The van der Waals surface area contributed by atoms with Crippen molar-refractivity contribution in [3.63, 3.8) is 0 Å². The van der Waals surface area contributed by atoms with Crippen molar-refractivity contribution in [1.29, 1.82) is 0 Å². The number of hydrogen-bond acceptors (Lipinski definition) is 4. The third-order valence-corrected chi connectivity index (χ3v) is 6.16. The fourth-order valence-corrected chi connectivity index (χ4v) is 4.41. The highest BCUT2D eigenvalue weighted by Crippen LogP contribution is 2.31. The summed E-state index contributed by atoms with van der Waals surface area (Å²) in [5, 5.41) is 10.9. The van der Waals surface area contributed by atoms with E-state index in [1.165, 1.54) is 24.3 Å². The number of nitrogens with one attached hydrogen (secondary N) is 1. The van der Waals surface area contributed by atoms with Crippen molar-refractivity contribution < 1.29 is 13.3 Å². The predicted octanol–water partition coefficient (Wildman–Crippen LogP) is 3.94. The highest BCUT2D eigenvalue weighted by molar-refractivity contribution is 7.92. The van der Waals surface area contributed by atoms with E-state index < -0.39 is 14.9 Å². The number of sulfonamides is 1. The van der Waals surface area contributed by atoms with Crippen molar-refractivity contribution in [1.82, 2.24) is 0 Å². The fraction of sp³-hybridized carbons (Fsp3) is 0.294. The molecular weight excluding hydrogens is 328 g/mol. The largest absolute Gasteiger partial charge is 0.279 e. The molecule has 2 rings (SSSR count). The summed E-state index contributed by atoms with van der Waals surface area (Å²) in [6.45, 7) is 9.30. The van der Waals surface area contributed by atoms with Crippen LogP contribution in [0.4, 0.5) is 11.4 Å². The molecule has 0 saturated carbocycles. The van der Waals surface area contributed by atoms with E-state index in [4.69, 9.17) is 0 Å². The van der Waals surface area contributed by atoms with Crippen molar-refractivity contribution in [2.24, 2.45) is 0 Å². The molecule has 0 spiro atoms. The van der Waals surface area contributed by atoms with E-state index in [2.05, 4.69) is 4.72 Å². The lowest BCUT2D eigenvalue weighted by Gasteiger charge is -2.19. The van der Waals surface area contributed by atoms with Crippen LogP contribution in [0.2, 0.25) is 0 Å². The monoisotopic (exact) mass is 348 g/mol. The maximum absolute atomic E-state index is 12.9. The Bertz CT molecular complexity index is 905. The van der Waals surface area contributed by atoms with Gasteiger partial charge < -0.3 is 0 Å². The minimum atomic E-state index is -3.85. The van der Waals surface area contributed by atoms with Crippen LogP contribution in [-0.4, -0.2) is 13.3 Å². The summed E-state index contributed by atoms with van der Waals surface area (Å²) in [7, 11) is -3.85. The van der Waals surface area contributed by atoms with Crippen LogP contribution in [0.1, 0.15) is 27.8 Å². The number of hydrogen-bond donors (Lipinski definition) is 1. The molecule has 128 valence electrons. The van der Waals surface area contributed by atoms with Gasteiger partial charge in [0.1, 0.15) is 0 Å². The summed E-state index contributed by atoms with van der Waals surface area (Å²) < 4.78 is 28.2. The molecule has 2 aromatic rings. The van der Waals surface area contributed by atoms with Gasteiger partial charge in [0.25, 0.3) is 15.7 Å². The number of benzene rings is 2. The normalized spacial score (nSPS) is 11.4. The highest BCUT2D eigenvalue weighted by atomic mass is 32.2. The minimum Gasteiger partial charge on any atom is -0.279 e. The van der Waals surface area contributed by atoms with Crippen LogP contribution in [0.5, 0.6) is 0 Å². The second-order valence-corrected chi connectivity index (χ2v) is 7.49. The highest BCUT2D eigenvalue weighted by Gasteiger charge is 2.24. The molecule has 0 heterocycles. The Hall–Kier alpha value is -2.41. The van der Waals surface area contributed by atoms with Gasteiger partial charge >= 0.3 is 0 Å². The van der Waals surface area contributed by atoms with Crippen molar-refractivity contribution in [2.75, 3.05) is 4.72 Å². The average molecular weight is 348 g/mol. The lowest BCUT2D eigenvalue weighted by Crippen LogP contribution is -2.17. The van der Waals surface area contributed by atoms with Gasteiger partial charge in [-0.1, -0.05) is 6.07 Å². The predicted molar refractivity (Wildman–Crippen MR) is 94.0 cm³/mol. The molecule has 0 radical (unpaired) electrons. The Morgan fingerprint density at radius 1 is 0.917 bits per heavy atom. The molecule has 6 nitrogen and oxygen atoms in total. The Balaban J connectivity index is 2.57. The second-order valence-electron chi connectivity index (χ2n) is 5.87. The Kier molecular flexibility index (Phi) is 4.66. The van der Waals surface area contributed by atoms with Gasteiger partial charge in [0, 0.05) is 12.1 Å². The lowest BCUT2D eigenvalue weighted by atomic mass is 9.95. The summed E-state index contributed by atoms with van der Waals surface area (Å²) >= 11 is 0. The second kappa shape index (κ2) is 6.24. The van der Waals surface area contributed by atoms with Gasteiger partial charge in [-0.3, -0.25) is 14.8 Å². The van der Waals surface area contributed by atoms with Gasteiger partial charge in [0.15, 0.2) is 0 Å². The van der Waals surface area contributed by atoms with Gasteiger partial charge in [-0.05, 0) is 68.5 Å². The van der Waals surface area contributed by atoms with Gasteiger partial charge in [-0.15, -0.1) is 0 Å². The molecule has 0 atom stereocenters. The van der Waals surface area contributed by atoms with E-state index in [9.17, 15) is 18.5 Å². The zero-order chi connectivity index (χ0) is 18.2. The molecule has 0 bridgehead atoms. The molecule has 0 fully saturated rings. The Labute approximate surface area is 141 Å². The maximum Gasteiger partial charge on any atom is 0.271 e. The van der Waals surface area contributed by atoms with E-state index in [0.29, 0.717) is 11.1 Å². The number of nitrogens with zero attached hydrogens (tertiary/aromatic N) is 1. The molecule has 0 unspecified atom stereocenters.